The summed E-state index contributed by atoms with van der Waals surface area (Å²) < 4.78 is 28.5. The lowest BCUT2D eigenvalue weighted by Gasteiger charge is -2.23. The Morgan fingerprint density at radius 2 is 1.78 bits per heavy atom. The molecule has 0 saturated carbocycles. The molecular weight excluding hydrogens is 446 g/mol. The number of aryl methyl sites for hydroxylation is 2. The van der Waals surface area contributed by atoms with Crippen molar-refractivity contribution in [3.05, 3.63) is 57.2 Å². The zero-order chi connectivity index (χ0) is 23.6. The van der Waals surface area contributed by atoms with Crippen molar-refractivity contribution >= 4 is 48.9 Å². The lowest BCUT2D eigenvalue weighted by molar-refractivity contribution is -0.116. The summed E-state index contributed by atoms with van der Waals surface area (Å²) in [4.78, 5) is 24.6. The third kappa shape index (κ3) is 5.58. The Kier molecular flexibility index (Phi) is 7.09. The highest BCUT2D eigenvalue weighted by Crippen LogP contribution is 2.25. The molecule has 2 aromatic carbocycles. The van der Waals surface area contributed by atoms with E-state index in [1.165, 1.54) is 10.6 Å². The molecule has 172 valence electrons. The normalized spacial score (nSPS) is 11.8. The highest BCUT2D eigenvalue weighted by molar-refractivity contribution is 7.92. The monoisotopic (exact) mass is 475 g/mol. The van der Waals surface area contributed by atoms with Crippen molar-refractivity contribution in [1.29, 1.82) is 0 Å². The minimum Gasteiger partial charge on any atom is -0.326 e. The van der Waals surface area contributed by atoms with Gasteiger partial charge in [-0.2, -0.15) is 0 Å². The third-order valence-electron chi connectivity index (χ3n) is 5.07. The van der Waals surface area contributed by atoms with Crippen LogP contribution in [0, 0.1) is 13.8 Å². The van der Waals surface area contributed by atoms with E-state index in [0.717, 1.165) is 32.7 Å². The van der Waals surface area contributed by atoms with Crippen LogP contribution < -0.4 is 14.5 Å². The van der Waals surface area contributed by atoms with Crippen molar-refractivity contribution in [2.45, 2.75) is 46.6 Å². The van der Waals surface area contributed by atoms with E-state index in [9.17, 15) is 18.0 Å². The molecule has 1 amide bonds. The van der Waals surface area contributed by atoms with Gasteiger partial charge < -0.3 is 5.32 Å². The number of anilines is 2. The molecule has 32 heavy (non-hydrogen) atoms. The molecule has 3 aromatic rings. The molecule has 0 aliphatic heterocycles. The van der Waals surface area contributed by atoms with Crippen LogP contribution in [0.25, 0.3) is 10.2 Å². The largest absolute Gasteiger partial charge is 0.326 e. The molecule has 9 heteroatoms. The zero-order valence-corrected chi connectivity index (χ0v) is 20.6. The Labute approximate surface area is 192 Å². The first-order valence-electron chi connectivity index (χ1n) is 10.5. The molecule has 1 heterocycles. The van der Waals surface area contributed by atoms with Gasteiger partial charge in [-0.15, -0.1) is 0 Å². The van der Waals surface area contributed by atoms with Gasteiger partial charge in [0.1, 0.15) is 0 Å². The lowest BCUT2D eigenvalue weighted by Crippen LogP contribution is -2.31. The minimum absolute atomic E-state index is 0.0225. The van der Waals surface area contributed by atoms with Crippen LogP contribution in [0.3, 0.4) is 0 Å². The van der Waals surface area contributed by atoms with Gasteiger partial charge in [0.2, 0.25) is 15.9 Å². The quantitative estimate of drug-likeness (QED) is 0.521. The Bertz CT molecular complexity index is 1290. The summed E-state index contributed by atoms with van der Waals surface area (Å²) in [7, 11) is -3.47. The molecule has 0 spiro atoms. The van der Waals surface area contributed by atoms with E-state index in [1.807, 2.05) is 52.0 Å². The van der Waals surface area contributed by atoms with Crippen LogP contribution in [0.15, 0.2) is 41.2 Å². The highest BCUT2D eigenvalue weighted by Gasteiger charge is 2.18. The predicted octanol–water partition coefficient (Wildman–Crippen LogP) is 4.45. The standard InChI is InChI=1S/C23H29N3O4S2/c1-15(2)26-20-9-8-18(14-21(20)31-23(26)28)24-22(27)7-6-10-25(32(5,29)30)19-12-16(3)11-17(4)13-19/h8-9,11-15H,6-7,10H2,1-5H3,(H,24,27). The third-order valence-corrected chi connectivity index (χ3v) is 7.19. The maximum Gasteiger partial charge on any atom is 0.308 e. The van der Waals surface area contributed by atoms with Crippen LogP contribution in [0.4, 0.5) is 11.4 Å². The first kappa shape index (κ1) is 24.0. The first-order chi connectivity index (χ1) is 15.0. The number of hydrogen-bond donors (Lipinski definition) is 1. The molecule has 0 bridgehead atoms. The average molecular weight is 476 g/mol. The summed E-state index contributed by atoms with van der Waals surface area (Å²) in [6.45, 7) is 7.98. The molecule has 0 fully saturated rings. The molecular formula is C23H29N3O4S2. The lowest BCUT2D eigenvalue weighted by atomic mass is 10.1. The number of benzene rings is 2. The Morgan fingerprint density at radius 3 is 2.38 bits per heavy atom. The summed E-state index contributed by atoms with van der Waals surface area (Å²) in [5.41, 5.74) is 4.05. The van der Waals surface area contributed by atoms with Gasteiger partial charge in [0, 0.05) is 24.7 Å². The van der Waals surface area contributed by atoms with E-state index >= 15 is 0 Å². The number of fused-ring (bicyclic) bond motifs is 1. The minimum atomic E-state index is -3.47. The maximum absolute atomic E-state index is 12.5. The number of rotatable bonds is 8. The van der Waals surface area contributed by atoms with E-state index in [2.05, 4.69) is 5.32 Å². The van der Waals surface area contributed by atoms with Crippen molar-refractivity contribution < 1.29 is 13.2 Å². The number of amides is 1. The molecule has 1 aromatic heterocycles. The van der Waals surface area contributed by atoms with Crippen molar-refractivity contribution in [2.24, 2.45) is 0 Å². The zero-order valence-electron chi connectivity index (χ0n) is 19.0. The molecule has 1 N–H and O–H groups in total. The van der Waals surface area contributed by atoms with Gasteiger partial charge in [0.25, 0.3) is 0 Å². The molecule has 0 aliphatic carbocycles. The van der Waals surface area contributed by atoms with Crippen molar-refractivity contribution in [2.75, 3.05) is 22.4 Å². The van der Waals surface area contributed by atoms with Gasteiger partial charge in [0.15, 0.2) is 0 Å². The number of nitrogens with one attached hydrogen (secondary N) is 1. The van der Waals surface area contributed by atoms with Gasteiger partial charge >= 0.3 is 4.87 Å². The second-order valence-corrected chi connectivity index (χ2v) is 11.2. The predicted molar refractivity (Wildman–Crippen MR) is 132 cm³/mol. The first-order valence-corrected chi connectivity index (χ1v) is 13.1. The van der Waals surface area contributed by atoms with Crippen LogP contribution in [-0.2, 0) is 14.8 Å². The van der Waals surface area contributed by atoms with Crippen LogP contribution in [0.2, 0.25) is 0 Å². The molecule has 0 unspecified atom stereocenters. The van der Waals surface area contributed by atoms with Crippen LogP contribution in [0.1, 0.15) is 43.9 Å². The van der Waals surface area contributed by atoms with Gasteiger partial charge in [-0.25, -0.2) is 8.42 Å². The molecule has 7 nitrogen and oxygen atoms in total. The highest BCUT2D eigenvalue weighted by atomic mass is 32.2. The molecule has 3 rings (SSSR count). The van der Waals surface area contributed by atoms with Gasteiger partial charge in [0.05, 0.1) is 22.2 Å². The number of thiazole rings is 1. The van der Waals surface area contributed by atoms with E-state index in [4.69, 9.17) is 0 Å². The van der Waals surface area contributed by atoms with E-state index in [0.29, 0.717) is 17.8 Å². The average Bonchev–Trinajstić information content (AvgIpc) is 2.98. The van der Waals surface area contributed by atoms with Gasteiger partial charge in [-0.1, -0.05) is 17.4 Å². The Morgan fingerprint density at radius 1 is 1.12 bits per heavy atom. The maximum atomic E-state index is 12.5. The van der Waals surface area contributed by atoms with Crippen LogP contribution in [0.5, 0.6) is 0 Å². The van der Waals surface area contributed by atoms with Crippen molar-refractivity contribution in [3.63, 3.8) is 0 Å². The fourth-order valence-electron chi connectivity index (χ4n) is 3.79. The van der Waals surface area contributed by atoms with Gasteiger partial charge in [-0.3, -0.25) is 18.5 Å². The van der Waals surface area contributed by atoms with Gasteiger partial charge in [-0.05, 0) is 75.6 Å². The van der Waals surface area contributed by atoms with E-state index < -0.39 is 10.0 Å². The van der Waals surface area contributed by atoms with Crippen LogP contribution >= 0.6 is 11.3 Å². The van der Waals surface area contributed by atoms with Crippen molar-refractivity contribution in [3.8, 4) is 0 Å². The molecule has 0 radical (unpaired) electrons. The van der Waals surface area contributed by atoms with E-state index in [-0.39, 0.29) is 29.8 Å². The van der Waals surface area contributed by atoms with Crippen molar-refractivity contribution in [1.82, 2.24) is 4.57 Å². The smallest absolute Gasteiger partial charge is 0.308 e. The topological polar surface area (TPSA) is 88.5 Å². The summed E-state index contributed by atoms with van der Waals surface area (Å²) in [5, 5.41) is 2.85. The number of nitrogens with zero attached hydrogens (tertiary/aromatic N) is 2. The molecule has 0 saturated heterocycles. The Balaban J connectivity index is 1.66. The summed E-state index contributed by atoms with van der Waals surface area (Å²) >= 11 is 1.16. The number of aromatic nitrogens is 1. The second kappa shape index (κ2) is 9.46. The Hall–Kier alpha value is -2.65. The number of sulfonamides is 1. The van der Waals surface area contributed by atoms with Crippen LogP contribution in [-0.4, -0.2) is 31.7 Å². The van der Waals surface area contributed by atoms with E-state index in [1.54, 1.807) is 16.7 Å². The number of hydrogen-bond acceptors (Lipinski definition) is 5. The molecule has 0 aliphatic rings. The second-order valence-electron chi connectivity index (χ2n) is 8.35. The fourth-order valence-corrected chi connectivity index (χ4v) is 5.79. The SMILES string of the molecule is Cc1cc(C)cc(N(CCCC(=O)Nc2ccc3c(c2)sc(=O)n3C(C)C)S(C)(=O)=O)c1. The summed E-state index contributed by atoms with van der Waals surface area (Å²) in [5.74, 6) is -0.200. The number of carbonyl (C=O) groups excluding carboxylic acids is 1. The number of carbonyl (C=O) groups is 1. The molecule has 0 atom stereocenters. The fraction of sp³-hybridized carbons (Fsp3) is 0.391. The summed E-state index contributed by atoms with van der Waals surface area (Å²) in [6, 6.07) is 11.1. The summed E-state index contributed by atoms with van der Waals surface area (Å²) in [6.07, 6.45) is 1.73.